The van der Waals surface area contributed by atoms with Crippen LogP contribution in [0.1, 0.15) is 27.2 Å². The van der Waals surface area contributed by atoms with Crippen LogP contribution in [0.2, 0.25) is 0 Å². The molecule has 16 heavy (non-hydrogen) atoms. The monoisotopic (exact) mass is 238 g/mol. The molecule has 0 rings (SSSR count). The molecule has 0 aromatic rings. The van der Waals surface area contributed by atoms with Crippen molar-refractivity contribution in [3.63, 3.8) is 0 Å². The fraction of sp³-hybridized carbons (Fsp3) is 0.667. The zero-order chi connectivity index (χ0) is 12.2. The topological polar surface area (TPSA) is 112 Å². The number of hydrogen-bond donors (Lipinski definition) is 2. The van der Waals surface area contributed by atoms with Gasteiger partial charge in [0.05, 0.1) is 11.9 Å². The summed E-state index contributed by atoms with van der Waals surface area (Å²) >= 11 is 0. The minimum Gasteiger partial charge on any atom is -0.549 e. The first-order chi connectivity index (χ1) is 6.63. The van der Waals surface area contributed by atoms with Gasteiger partial charge in [-0.1, -0.05) is 0 Å². The number of amides is 2. The summed E-state index contributed by atoms with van der Waals surface area (Å²) in [5.74, 6) is -4.74. The third-order valence-corrected chi connectivity index (χ3v) is 1.50. The molecule has 0 radical (unpaired) electrons. The summed E-state index contributed by atoms with van der Waals surface area (Å²) < 4.78 is 0. The van der Waals surface area contributed by atoms with Gasteiger partial charge in [0.25, 0.3) is 0 Å². The van der Waals surface area contributed by atoms with Crippen LogP contribution in [0.3, 0.4) is 0 Å². The summed E-state index contributed by atoms with van der Waals surface area (Å²) in [4.78, 5) is 32.5. The molecule has 0 saturated heterocycles. The molecule has 6 nitrogen and oxygen atoms in total. The molecule has 0 bridgehead atoms. The molecule has 1 unspecified atom stereocenters. The van der Waals surface area contributed by atoms with Crippen molar-refractivity contribution >= 4 is 17.8 Å². The molecule has 2 amide bonds. The normalized spacial score (nSPS) is 12.2. The summed E-state index contributed by atoms with van der Waals surface area (Å²) in [5.41, 5.74) is 4.26. The number of carbonyl (C=O) groups is 3. The van der Waals surface area contributed by atoms with E-state index in [2.05, 4.69) is 5.32 Å². The molecule has 0 spiro atoms. The number of aliphatic carboxylic acids is 1. The second kappa shape index (κ2) is 6.88. The molecule has 3 N–H and O–H groups in total. The summed E-state index contributed by atoms with van der Waals surface area (Å²) in [6.07, 6.45) is -0.551. The second-order valence-corrected chi connectivity index (χ2v) is 4.28. The maximum atomic E-state index is 11.4. The third kappa shape index (κ3) is 7.67. The molecule has 7 heteroatoms. The first kappa shape index (κ1) is 17.8. The molecule has 0 heterocycles. The van der Waals surface area contributed by atoms with Gasteiger partial charge in [-0.2, -0.15) is 0 Å². The summed E-state index contributed by atoms with van der Waals surface area (Å²) in [6, 6.07) is 0. The van der Waals surface area contributed by atoms with Crippen LogP contribution in [0, 0.1) is 5.92 Å². The molecule has 86 valence electrons. The van der Waals surface area contributed by atoms with E-state index in [1.54, 1.807) is 20.8 Å². The molecule has 1 atom stereocenters. The molecule has 0 saturated carbocycles. The second-order valence-electron chi connectivity index (χ2n) is 4.28. The molecule has 0 aliphatic heterocycles. The molecular weight excluding hydrogens is 223 g/mol. The first-order valence-corrected chi connectivity index (χ1v) is 4.44. The Labute approximate surface area is 116 Å². The van der Waals surface area contributed by atoms with Crippen LogP contribution in [0.15, 0.2) is 0 Å². The Balaban J connectivity index is 0. The van der Waals surface area contributed by atoms with Crippen molar-refractivity contribution in [3.8, 4) is 0 Å². The minimum absolute atomic E-state index is 0. The Morgan fingerprint density at radius 2 is 1.75 bits per heavy atom. The SMILES string of the molecule is CC(C)(C)NC(=O)C(CC(N)=O)C(=O)[O-].[Na+]. The Bertz CT molecular complexity index is 286. The van der Waals surface area contributed by atoms with Crippen LogP contribution >= 0.6 is 0 Å². The summed E-state index contributed by atoms with van der Waals surface area (Å²) in [6.45, 7) is 5.09. The largest absolute Gasteiger partial charge is 1.00 e. The van der Waals surface area contributed by atoms with Crippen LogP contribution < -0.4 is 45.7 Å². The number of rotatable bonds is 4. The van der Waals surface area contributed by atoms with E-state index in [0.717, 1.165) is 0 Å². The van der Waals surface area contributed by atoms with E-state index in [-0.39, 0.29) is 29.6 Å². The standard InChI is InChI=1S/C9H16N2O4.Na/c1-9(2,3)11-7(13)5(8(14)15)4-6(10)12;/h5H,4H2,1-3H3,(H2,10,12)(H,11,13)(H,14,15);/q;+1/p-1. The van der Waals surface area contributed by atoms with Crippen molar-refractivity contribution < 1.29 is 49.0 Å². The maximum Gasteiger partial charge on any atom is 1.00 e. The number of primary amides is 1. The number of nitrogens with one attached hydrogen (secondary N) is 1. The van der Waals surface area contributed by atoms with Crippen LogP contribution in [0.4, 0.5) is 0 Å². The zero-order valence-corrected chi connectivity index (χ0v) is 12.0. The van der Waals surface area contributed by atoms with E-state index in [9.17, 15) is 19.5 Å². The summed E-state index contributed by atoms with van der Waals surface area (Å²) in [5, 5.41) is 13.0. The van der Waals surface area contributed by atoms with Gasteiger partial charge < -0.3 is 21.0 Å². The van der Waals surface area contributed by atoms with Crippen molar-refractivity contribution in [1.82, 2.24) is 5.32 Å². The van der Waals surface area contributed by atoms with Crippen molar-refractivity contribution in [2.45, 2.75) is 32.7 Å². The van der Waals surface area contributed by atoms with E-state index >= 15 is 0 Å². The molecule has 0 aromatic carbocycles. The number of hydrogen-bond acceptors (Lipinski definition) is 4. The fourth-order valence-corrected chi connectivity index (χ4v) is 0.941. The average molecular weight is 238 g/mol. The van der Waals surface area contributed by atoms with Gasteiger partial charge in [0.2, 0.25) is 11.8 Å². The third-order valence-electron chi connectivity index (χ3n) is 1.50. The van der Waals surface area contributed by atoms with Crippen LogP contribution in [0.5, 0.6) is 0 Å². The van der Waals surface area contributed by atoms with Gasteiger partial charge in [0.15, 0.2) is 0 Å². The van der Waals surface area contributed by atoms with Gasteiger partial charge in [-0.05, 0) is 20.8 Å². The number of carboxylic acid groups (broad SMARTS) is 1. The maximum absolute atomic E-state index is 11.4. The molecule has 0 aliphatic carbocycles. The van der Waals surface area contributed by atoms with Crippen molar-refractivity contribution in [2.75, 3.05) is 0 Å². The van der Waals surface area contributed by atoms with Gasteiger partial charge in [-0.25, -0.2) is 0 Å². The van der Waals surface area contributed by atoms with Crippen LogP contribution in [0.25, 0.3) is 0 Å². The van der Waals surface area contributed by atoms with E-state index in [4.69, 9.17) is 5.73 Å². The molecule has 0 fully saturated rings. The minimum atomic E-state index is -1.60. The van der Waals surface area contributed by atoms with Crippen LogP contribution in [-0.2, 0) is 14.4 Å². The number of carbonyl (C=O) groups excluding carboxylic acids is 3. The summed E-state index contributed by atoms with van der Waals surface area (Å²) in [7, 11) is 0. The Morgan fingerprint density at radius 3 is 2.00 bits per heavy atom. The van der Waals surface area contributed by atoms with E-state index in [0.29, 0.717) is 0 Å². The van der Waals surface area contributed by atoms with Crippen molar-refractivity contribution in [3.05, 3.63) is 0 Å². The predicted molar refractivity (Wildman–Crippen MR) is 50.2 cm³/mol. The Kier molecular flexibility index (Phi) is 7.65. The van der Waals surface area contributed by atoms with Crippen molar-refractivity contribution in [2.24, 2.45) is 11.7 Å². The van der Waals surface area contributed by atoms with Gasteiger partial charge in [-0.15, -0.1) is 0 Å². The number of carboxylic acids is 1. The van der Waals surface area contributed by atoms with E-state index in [1.807, 2.05) is 0 Å². The van der Waals surface area contributed by atoms with E-state index in [1.165, 1.54) is 0 Å². The molecule has 0 aliphatic rings. The van der Waals surface area contributed by atoms with Crippen molar-refractivity contribution in [1.29, 1.82) is 0 Å². The first-order valence-electron chi connectivity index (χ1n) is 4.44. The Hall–Kier alpha value is -0.590. The average Bonchev–Trinajstić information content (AvgIpc) is 1.95. The quantitative estimate of drug-likeness (QED) is 0.378. The fourth-order valence-electron chi connectivity index (χ4n) is 0.941. The van der Waals surface area contributed by atoms with Gasteiger partial charge >= 0.3 is 29.6 Å². The smallest absolute Gasteiger partial charge is 0.549 e. The van der Waals surface area contributed by atoms with Gasteiger partial charge in [-0.3, -0.25) is 9.59 Å². The Morgan fingerprint density at radius 1 is 1.31 bits per heavy atom. The van der Waals surface area contributed by atoms with Gasteiger partial charge in [0.1, 0.15) is 0 Å². The van der Waals surface area contributed by atoms with Gasteiger partial charge in [0, 0.05) is 12.0 Å². The molecular formula is C9H15N2NaO4. The van der Waals surface area contributed by atoms with E-state index < -0.39 is 35.7 Å². The predicted octanol–water partition coefficient (Wildman–Crippen LogP) is -4.85. The number of nitrogens with two attached hydrogens (primary N) is 1. The zero-order valence-electron chi connectivity index (χ0n) is 9.99. The van der Waals surface area contributed by atoms with Crippen LogP contribution in [-0.4, -0.2) is 23.3 Å². The molecule has 0 aromatic heterocycles.